The number of Topliss-reactive ketones (excluding diaryl/α,β-unsaturated/α-hetero) is 1. The van der Waals surface area contributed by atoms with E-state index in [-0.39, 0.29) is 18.1 Å². The minimum atomic E-state index is -0.481. The Morgan fingerprint density at radius 2 is 1.79 bits per heavy atom. The lowest BCUT2D eigenvalue weighted by atomic mass is 10.1. The zero-order valence-corrected chi connectivity index (χ0v) is 16.9. The van der Waals surface area contributed by atoms with Crippen molar-refractivity contribution in [3.8, 4) is 5.75 Å². The standard InChI is InChI=1S/C21H23NO5S/c1-14-4-7-18(8-5-14)22-20(24)11-27-21(25)13-28-12-17-10-16(15(2)23)6-9-19(17)26-3/h4-10H,11-13H2,1-3H3,(H,22,24). The summed E-state index contributed by atoms with van der Waals surface area (Å²) < 4.78 is 10.3. The van der Waals surface area contributed by atoms with Crippen molar-refractivity contribution in [2.24, 2.45) is 0 Å². The normalized spacial score (nSPS) is 10.2. The van der Waals surface area contributed by atoms with Gasteiger partial charge in [0, 0.05) is 22.6 Å². The van der Waals surface area contributed by atoms with Crippen molar-refractivity contribution in [3.05, 3.63) is 59.2 Å². The lowest BCUT2D eigenvalue weighted by Gasteiger charge is -2.10. The molecule has 7 heteroatoms. The number of carbonyl (C=O) groups is 3. The molecule has 0 atom stereocenters. The fourth-order valence-corrected chi connectivity index (χ4v) is 3.17. The first-order valence-corrected chi connectivity index (χ1v) is 9.82. The molecule has 0 aliphatic rings. The molecule has 28 heavy (non-hydrogen) atoms. The lowest BCUT2D eigenvalue weighted by molar-refractivity contribution is -0.144. The van der Waals surface area contributed by atoms with E-state index in [9.17, 15) is 14.4 Å². The Balaban J connectivity index is 1.76. The molecule has 0 aliphatic carbocycles. The van der Waals surface area contributed by atoms with Gasteiger partial charge in [0.25, 0.3) is 5.91 Å². The predicted octanol–water partition coefficient (Wildman–Crippen LogP) is 3.62. The Hall–Kier alpha value is -2.80. The van der Waals surface area contributed by atoms with E-state index in [0.717, 1.165) is 11.1 Å². The van der Waals surface area contributed by atoms with Gasteiger partial charge in [0.2, 0.25) is 0 Å². The van der Waals surface area contributed by atoms with Gasteiger partial charge in [-0.05, 0) is 44.2 Å². The quantitative estimate of drug-likeness (QED) is 0.511. The molecule has 2 rings (SSSR count). The maximum absolute atomic E-state index is 11.9. The number of methoxy groups -OCH3 is 1. The van der Waals surface area contributed by atoms with Gasteiger partial charge in [0.15, 0.2) is 12.4 Å². The second-order valence-electron chi connectivity index (χ2n) is 6.15. The number of anilines is 1. The van der Waals surface area contributed by atoms with Crippen LogP contribution in [0, 0.1) is 6.92 Å². The van der Waals surface area contributed by atoms with Crippen molar-refractivity contribution in [2.75, 3.05) is 24.8 Å². The van der Waals surface area contributed by atoms with Crippen LogP contribution >= 0.6 is 11.8 Å². The first-order valence-electron chi connectivity index (χ1n) is 8.66. The van der Waals surface area contributed by atoms with Gasteiger partial charge < -0.3 is 14.8 Å². The highest BCUT2D eigenvalue weighted by Crippen LogP contribution is 2.25. The molecule has 1 amide bonds. The Morgan fingerprint density at radius 3 is 2.43 bits per heavy atom. The van der Waals surface area contributed by atoms with Crippen molar-refractivity contribution in [1.29, 1.82) is 0 Å². The van der Waals surface area contributed by atoms with Gasteiger partial charge in [0.1, 0.15) is 5.75 Å². The van der Waals surface area contributed by atoms with Crippen LogP contribution in [0.25, 0.3) is 0 Å². The topological polar surface area (TPSA) is 81.7 Å². The molecule has 0 fully saturated rings. The van der Waals surface area contributed by atoms with E-state index >= 15 is 0 Å². The fourth-order valence-electron chi connectivity index (χ4n) is 2.38. The average Bonchev–Trinajstić information content (AvgIpc) is 2.68. The number of rotatable bonds is 9. The van der Waals surface area contributed by atoms with Gasteiger partial charge in [-0.1, -0.05) is 17.7 Å². The van der Waals surface area contributed by atoms with E-state index in [2.05, 4.69) is 5.32 Å². The highest BCUT2D eigenvalue weighted by Gasteiger charge is 2.11. The van der Waals surface area contributed by atoms with Gasteiger partial charge in [0.05, 0.1) is 12.9 Å². The Labute approximate surface area is 168 Å². The molecule has 0 heterocycles. The summed E-state index contributed by atoms with van der Waals surface area (Å²) in [5.41, 5.74) is 3.15. The zero-order valence-electron chi connectivity index (χ0n) is 16.1. The predicted molar refractivity (Wildman–Crippen MR) is 110 cm³/mol. The van der Waals surface area contributed by atoms with Crippen molar-refractivity contribution >= 4 is 35.1 Å². The molecule has 0 spiro atoms. The van der Waals surface area contributed by atoms with E-state index in [4.69, 9.17) is 9.47 Å². The molecule has 0 saturated carbocycles. The van der Waals surface area contributed by atoms with Crippen LogP contribution in [0.4, 0.5) is 5.69 Å². The number of benzene rings is 2. The van der Waals surface area contributed by atoms with Crippen molar-refractivity contribution in [3.63, 3.8) is 0 Å². The summed E-state index contributed by atoms with van der Waals surface area (Å²) in [6.45, 7) is 3.12. The highest BCUT2D eigenvalue weighted by molar-refractivity contribution is 7.99. The number of nitrogens with one attached hydrogen (secondary N) is 1. The van der Waals surface area contributed by atoms with Crippen LogP contribution in [-0.4, -0.2) is 37.1 Å². The second kappa shape index (κ2) is 10.5. The van der Waals surface area contributed by atoms with Crippen LogP contribution in [0.2, 0.25) is 0 Å². The second-order valence-corrected chi connectivity index (χ2v) is 7.14. The molecular weight excluding hydrogens is 378 g/mol. The van der Waals surface area contributed by atoms with E-state index in [1.54, 1.807) is 37.4 Å². The number of amides is 1. The summed E-state index contributed by atoms with van der Waals surface area (Å²) >= 11 is 1.32. The molecule has 0 aromatic heterocycles. The number of ether oxygens (including phenoxy) is 2. The molecule has 1 N–H and O–H groups in total. The van der Waals surface area contributed by atoms with E-state index in [1.807, 2.05) is 19.1 Å². The Morgan fingerprint density at radius 1 is 1.07 bits per heavy atom. The summed E-state index contributed by atoms with van der Waals surface area (Å²) in [5.74, 6) is 0.320. The van der Waals surface area contributed by atoms with Crippen LogP contribution in [0.3, 0.4) is 0 Å². The molecule has 0 unspecified atom stereocenters. The highest BCUT2D eigenvalue weighted by atomic mass is 32.2. The maximum Gasteiger partial charge on any atom is 0.316 e. The summed E-state index contributed by atoms with van der Waals surface area (Å²) in [6.07, 6.45) is 0. The van der Waals surface area contributed by atoms with E-state index < -0.39 is 11.9 Å². The van der Waals surface area contributed by atoms with Gasteiger partial charge in [-0.25, -0.2) is 0 Å². The number of hydrogen-bond acceptors (Lipinski definition) is 6. The third-order valence-corrected chi connectivity index (χ3v) is 4.82. The Kier molecular flexibility index (Phi) is 8.07. The number of esters is 1. The monoisotopic (exact) mass is 401 g/mol. The first-order chi connectivity index (χ1) is 13.4. The van der Waals surface area contributed by atoms with Crippen LogP contribution < -0.4 is 10.1 Å². The third kappa shape index (κ3) is 6.74. The van der Waals surface area contributed by atoms with Gasteiger partial charge in [-0.2, -0.15) is 0 Å². The fraction of sp³-hybridized carbons (Fsp3) is 0.286. The van der Waals surface area contributed by atoms with Crippen LogP contribution in [0.5, 0.6) is 5.75 Å². The lowest BCUT2D eigenvalue weighted by Crippen LogP contribution is -2.21. The number of ketones is 1. The summed E-state index contributed by atoms with van der Waals surface area (Å²) in [6, 6.07) is 12.5. The van der Waals surface area contributed by atoms with Crippen LogP contribution in [-0.2, 0) is 20.1 Å². The van der Waals surface area contributed by atoms with Gasteiger partial charge in [-0.3, -0.25) is 14.4 Å². The molecule has 0 radical (unpaired) electrons. The third-order valence-electron chi connectivity index (χ3n) is 3.86. The molecule has 2 aromatic rings. The minimum Gasteiger partial charge on any atom is -0.496 e. The molecule has 0 bridgehead atoms. The molecule has 6 nitrogen and oxygen atoms in total. The largest absolute Gasteiger partial charge is 0.496 e. The average molecular weight is 401 g/mol. The molecule has 0 aliphatic heterocycles. The molecule has 0 saturated heterocycles. The van der Waals surface area contributed by atoms with E-state index in [0.29, 0.717) is 22.8 Å². The SMILES string of the molecule is COc1ccc(C(C)=O)cc1CSCC(=O)OCC(=O)Nc1ccc(C)cc1. The van der Waals surface area contributed by atoms with Crippen LogP contribution in [0.15, 0.2) is 42.5 Å². The number of hydrogen-bond donors (Lipinski definition) is 1. The van der Waals surface area contributed by atoms with Gasteiger partial charge >= 0.3 is 5.97 Å². The minimum absolute atomic E-state index is 0.0344. The molecular formula is C21H23NO5S. The summed E-state index contributed by atoms with van der Waals surface area (Å²) in [7, 11) is 1.55. The molecule has 2 aromatic carbocycles. The van der Waals surface area contributed by atoms with Crippen molar-refractivity contribution < 1.29 is 23.9 Å². The summed E-state index contributed by atoms with van der Waals surface area (Å²) in [4.78, 5) is 35.2. The summed E-state index contributed by atoms with van der Waals surface area (Å²) in [5, 5.41) is 2.67. The Bertz CT molecular complexity index is 848. The number of aryl methyl sites for hydroxylation is 1. The van der Waals surface area contributed by atoms with E-state index in [1.165, 1.54) is 18.7 Å². The van der Waals surface area contributed by atoms with Crippen LogP contribution in [0.1, 0.15) is 28.4 Å². The maximum atomic E-state index is 11.9. The van der Waals surface area contributed by atoms with Gasteiger partial charge in [-0.15, -0.1) is 11.8 Å². The number of carbonyl (C=O) groups excluding carboxylic acids is 3. The first kappa shape index (κ1) is 21.5. The van der Waals surface area contributed by atoms with Crippen molar-refractivity contribution in [2.45, 2.75) is 19.6 Å². The zero-order chi connectivity index (χ0) is 20.5. The smallest absolute Gasteiger partial charge is 0.316 e. The molecule has 148 valence electrons. The van der Waals surface area contributed by atoms with Crippen molar-refractivity contribution in [1.82, 2.24) is 0 Å². The number of thioether (sulfide) groups is 1.